The Kier molecular flexibility index (Phi) is 10.1. The Bertz CT molecular complexity index is 1540. The van der Waals surface area contributed by atoms with Gasteiger partial charge in [0, 0.05) is 17.5 Å². The number of carbonyl (C=O) groups is 2. The van der Waals surface area contributed by atoms with Crippen LogP contribution in [0.25, 0.3) is 11.1 Å². The molecule has 0 bridgehead atoms. The van der Waals surface area contributed by atoms with E-state index >= 15 is 0 Å². The van der Waals surface area contributed by atoms with Crippen LogP contribution in [0.4, 0.5) is 5.00 Å². The van der Waals surface area contributed by atoms with Crippen molar-refractivity contribution in [3.63, 3.8) is 0 Å². The van der Waals surface area contributed by atoms with E-state index in [-0.39, 0.29) is 23.7 Å². The molecule has 2 aromatic heterocycles. The van der Waals surface area contributed by atoms with Gasteiger partial charge in [-0.15, -0.1) is 28.1 Å². The molecule has 0 aliphatic rings. The maximum Gasteiger partial charge on any atom is 0.341 e. The number of hydrogen-bond donors (Lipinski definition) is 1. The van der Waals surface area contributed by atoms with Crippen LogP contribution in [-0.2, 0) is 28.1 Å². The minimum atomic E-state index is -0.534. The van der Waals surface area contributed by atoms with E-state index in [4.69, 9.17) is 14.2 Å². The zero-order chi connectivity index (χ0) is 30.3. The molecular weight excluding hydrogens is 572 g/mol. The van der Waals surface area contributed by atoms with E-state index in [1.807, 2.05) is 46.3 Å². The van der Waals surface area contributed by atoms with Gasteiger partial charge in [0.2, 0.25) is 5.91 Å². The number of benzene rings is 2. The molecule has 0 unspecified atom stereocenters. The lowest BCUT2D eigenvalue weighted by Gasteiger charge is -2.19. The van der Waals surface area contributed by atoms with Crippen LogP contribution < -0.4 is 14.8 Å². The normalized spacial score (nSPS) is 11.2. The van der Waals surface area contributed by atoms with Crippen LogP contribution in [0.5, 0.6) is 11.5 Å². The summed E-state index contributed by atoms with van der Waals surface area (Å²) in [5.41, 5.74) is 3.06. The second-order valence-electron chi connectivity index (χ2n) is 10.3. The lowest BCUT2D eigenvalue weighted by Crippen LogP contribution is -2.16. The third kappa shape index (κ3) is 7.40. The van der Waals surface area contributed by atoms with Crippen LogP contribution in [0, 0.1) is 0 Å². The number of esters is 1. The summed E-state index contributed by atoms with van der Waals surface area (Å²) in [7, 11) is 2.90. The van der Waals surface area contributed by atoms with Gasteiger partial charge in [-0.2, -0.15) is 0 Å². The second kappa shape index (κ2) is 13.7. The first-order chi connectivity index (χ1) is 20.1. The van der Waals surface area contributed by atoms with Crippen LogP contribution in [-0.4, -0.2) is 46.6 Å². The predicted molar refractivity (Wildman–Crippen MR) is 167 cm³/mol. The van der Waals surface area contributed by atoms with Crippen molar-refractivity contribution in [3.05, 3.63) is 83.5 Å². The maximum atomic E-state index is 13.0. The smallest absolute Gasteiger partial charge is 0.341 e. The van der Waals surface area contributed by atoms with Gasteiger partial charge in [-0.05, 0) is 40.8 Å². The first kappa shape index (κ1) is 30.9. The van der Waals surface area contributed by atoms with Gasteiger partial charge in [0.05, 0.1) is 20.0 Å². The molecule has 42 heavy (non-hydrogen) atoms. The third-order valence-electron chi connectivity index (χ3n) is 6.36. The molecule has 2 heterocycles. The number of thiophene rings is 1. The highest BCUT2D eigenvalue weighted by Crippen LogP contribution is 2.37. The molecule has 0 saturated heterocycles. The summed E-state index contributed by atoms with van der Waals surface area (Å²) in [6.45, 7) is 11.0. The molecule has 1 amide bonds. The number of carbonyl (C=O) groups excluding carboxylic acids is 2. The van der Waals surface area contributed by atoms with Crippen molar-refractivity contribution < 1.29 is 23.8 Å². The molecule has 0 fully saturated rings. The number of rotatable bonds is 12. The fourth-order valence-corrected chi connectivity index (χ4v) is 5.81. The van der Waals surface area contributed by atoms with Crippen molar-refractivity contribution in [1.82, 2.24) is 14.8 Å². The van der Waals surface area contributed by atoms with Gasteiger partial charge in [0.1, 0.15) is 28.7 Å². The molecule has 0 aliphatic carbocycles. The molecule has 0 saturated carbocycles. The Balaban J connectivity index is 1.42. The van der Waals surface area contributed by atoms with Gasteiger partial charge in [-0.3, -0.25) is 9.36 Å². The van der Waals surface area contributed by atoms with Gasteiger partial charge in [0.15, 0.2) is 11.0 Å². The number of nitrogens with zero attached hydrogens (tertiary/aromatic N) is 3. The first-order valence-electron chi connectivity index (χ1n) is 13.2. The summed E-state index contributed by atoms with van der Waals surface area (Å²) in [4.78, 5) is 25.6. The number of ether oxygens (including phenoxy) is 3. The van der Waals surface area contributed by atoms with E-state index in [0.29, 0.717) is 39.4 Å². The molecule has 9 nitrogen and oxygen atoms in total. The molecule has 0 atom stereocenters. The Hall–Kier alpha value is -4.09. The molecule has 4 aromatic rings. The Morgan fingerprint density at radius 3 is 2.36 bits per heavy atom. The fourth-order valence-electron chi connectivity index (χ4n) is 4.07. The number of hydrogen-bond acceptors (Lipinski definition) is 9. The zero-order valence-corrected chi connectivity index (χ0v) is 25.9. The highest BCUT2D eigenvalue weighted by Gasteiger charge is 2.23. The molecule has 220 valence electrons. The van der Waals surface area contributed by atoms with Gasteiger partial charge in [0.25, 0.3) is 0 Å². The van der Waals surface area contributed by atoms with Crippen molar-refractivity contribution in [2.24, 2.45) is 0 Å². The number of methoxy groups -OCH3 is 2. The summed E-state index contributed by atoms with van der Waals surface area (Å²) >= 11 is 2.50. The van der Waals surface area contributed by atoms with Crippen LogP contribution in [0.1, 0.15) is 42.5 Å². The molecular formula is C31H34N4O5S2. The quantitative estimate of drug-likeness (QED) is 0.109. The van der Waals surface area contributed by atoms with E-state index in [9.17, 15) is 9.59 Å². The molecule has 2 aromatic carbocycles. The summed E-state index contributed by atoms with van der Waals surface area (Å²) in [5, 5.41) is 14.2. The minimum Gasteiger partial charge on any atom is -0.497 e. The Morgan fingerprint density at radius 2 is 1.74 bits per heavy atom. The van der Waals surface area contributed by atoms with Gasteiger partial charge in [-0.25, -0.2) is 4.79 Å². The summed E-state index contributed by atoms with van der Waals surface area (Å²) in [6.07, 6.45) is 1.74. The number of aromatic nitrogens is 3. The summed E-state index contributed by atoms with van der Waals surface area (Å²) < 4.78 is 18.1. The molecule has 11 heteroatoms. The van der Waals surface area contributed by atoms with Crippen molar-refractivity contribution in [2.75, 3.05) is 25.3 Å². The van der Waals surface area contributed by atoms with E-state index in [1.165, 1.54) is 35.8 Å². The predicted octanol–water partition coefficient (Wildman–Crippen LogP) is 6.60. The number of thioether (sulfide) groups is 1. The Morgan fingerprint density at radius 1 is 1.05 bits per heavy atom. The summed E-state index contributed by atoms with van der Waals surface area (Å²) in [5.74, 6) is 1.28. The van der Waals surface area contributed by atoms with Crippen LogP contribution in [0.2, 0.25) is 0 Å². The molecule has 0 spiro atoms. The van der Waals surface area contributed by atoms with Crippen molar-refractivity contribution in [1.29, 1.82) is 0 Å². The van der Waals surface area contributed by atoms with E-state index in [2.05, 4.69) is 55.0 Å². The average molecular weight is 607 g/mol. The molecule has 1 N–H and O–H groups in total. The van der Waals surface area contributed by atoms with Gasteiger partial charge >= 0.3 is 5.97 Å². The first-order valence-corrected chi connectivity index (χ1v) is 15.0. The lowest BCUT2D eigenvalue weighted by atomic mass is 9.87. The van der Waals surface area contributed by atoms with Crippen molar-refractivity contribution in [2.45, 2.75) is 44.5 Å². The number of allylic oxidation sites excluding steroid dienone is 1. The monoisotopic (exact) mass is 606 g/mol. The van der Waals surface area contributed by atoms with Crippen molar-refractivity contribution in [3.8, 4) is 22.6 Å². The van der Waals surface area contributed by atoms with Crippen molar-refractivity contribution >= 4 is 40.0 Å². The lowest BCUT2D eigenvalue weighted by molar-refractivity contribution is -0.113. The SMILES string of the molecule is C=CCn1c(COc2ccc(C(C)(C)C)cc2)nnc1SCC(=O)Nc1scc(-c2ccc(OC)cc2)c1C(=O)OC. The van der Waals surface area contributed by atoms with Crippen LogP contribution in [0.3, 0.4) is 0 Å². The zero-order valence-electron chi connectivity index (χ0n) is 24.3. The van der Waals surface area contributed by atoms with E-state index in [1.54, 1.807) is 13.2 Å². The van der Waals surface area contributed by atoms with Crippen LogP contribution in [0.15, 0.2) is 71.7 Å². The Labute approximate surface area is 253 Å². The third-order valence-corrected chi connectivity index (χ3v) is 8.22. The minimum absolute atomic E-state index is 0.0563. The number of nitrogens with one attached hydrogen (secondary N) is 1. The molecule has 4 rings (SSSR count). The highest BCUT2D eigenvalue weighted by molar-refractivity contribution is 7.99. The number of amides is 1. The average Bonchev–Trinajstić information content (AvgIpc) is 3.58. The van der Waals surface area contributed by atoms with Crippen LogP contribution >= 0.6 is 23.1 Å². The molecule has 0 aliphatic heterocycles. The van der Waals surface area contributed by atoms with Gasteiger partial charge < -0.3 is 19.5 Å². The second-order valence-corrected chi connectivity index (χ2v) is 12.1. The van der Waals surface area contributed by atoms with Gasteiger partial charge in [-0.1, -0.05) is 62.9 Å². The maximum absolute atomic E-state index is 13.0. The van der Waals surface area contributed by atoms with E-state index in [0.717, 1.165) is 11.3 Å². The largest absolute Gasteiger partial charge is 0.497 e. The highest BCUT2D eigenvalue weighted by atomic mass is 32.2. The number of anilines is 1. The topological polar surface area (TPSA) is 105 Å². The standard InChI is InChI=1S/C31H34N4O5S2/c1-7-16-35-25(17-40-23-14-10-21(11-15-23)31(2,3)4)33-34-30(35)42-19-26(36)32-28-27(29(37)39-6)24(18-41-28)20-8-12-22(38-5)13-9-20/h7-15,18H,1,16-17,19H2,2-6H3,(H,32,36). The fraction of sp³-hybridized carbons (Fsp3) is 0.290. The summed E-state index contributed by atoms with van der Waals surface area (Å²) in [6, 6.07) is 15.3. The van der Waals surface area contributed by atoms with E-state index < -0.39 is 5.97 Å². The molecule has 0 radical (unpaired) electrons.